The van der Waals surface area contributed by atoms with E-state index in [2.05, 4.69) is 10.5 Å². The first kappa shape index (κ1) is 24.3. The van der Waals surface area contributed by atoms with Crippen LogP contribution in [0.15, 0.2) is 77.9 Å². The molecule has 0 radical (unpaired) electrons. The number of nitrogens with zero attached hydrogens (tertiary/aromatic N) is 3. The number of amides is 1. The Kier molecular flexibility index (Phi) is 7.73. The van der Waals surface area contributed by atoms with E-state index in [4.69, 9.17) is 11.6 Å². The van der Waals surface area contributed by atoms with Gasteiger partial charge in [0.25, 0.3) is 5.91 Å². The lowest BCUT2D eigenvalue weighted by atomic mass is 10.2. The number of anilines is 2. The Hall–Kier alpha value is -3.36. The van der Waals surface area contributed by atoms with E-state index < -0.39 is 15.9 Å². The number of nitrogens with one attached hydrogen (secondary N) is 1. The van der Waals surface area contributed by atoms with E-state index in [0.29, 0.717) is 21.8 Å². The van der Waals surface area contributed by atoms with Crippen molar-refractivity contribution in [2.45, 2.75) is 6.54 Å². The van der Waals surface area contributed by atoms with Gasteiger partial charge in [-0.05, 0) is 53.6 Å². The molecule has 3 rings (SSSR count). The standard InChI is InChI=1S/C24H25ClN4O3S/c1-28(2)21-12-8-18(9-13-21)16-26-27-24(30)19-10-14-22(15-11-19)29(33(3,31)32)17-20-6-4-5-7-23(20)25/h4-16H,17H2,1-3H3,(H,27,30)/b26-16-. The quantitative estimate of drug-likeness (QED) is 0.385. The average molecular weight is 485 g/mol. The molecule has 3 aromatic carbocycles. The van der Waals surface area contributed by atoms with Gasteiger partial charge in [-0.3, -0.25) is 9.10 Å². The fourth-order valence-corrected chi connectivity index (χ4v) is 4.12. The van der Waals surface area contributed by atoms with E-state index >= 15 is 0 Å². The second kappa shape index (κ2) is 10.5. The van der Waals surface area contributed by atoms with Crippen molar-refractivity contribution in [1.29, 1.82) is 0 Å². The highest BCUT2D eigenvalue weighted by Gasteiger charge is 2.19. The Balaban J connectivity index is 1.69. The number of halogens is 1. The van der Waals surface area contributed by atoms with Crippen LogP contribution < -0.4 is 14.6 Å². The van der Waals surface area contributed by atoms with Crippen LogP contribution in [0.2, 0.25) is 5.02 Å². The Bertz CT molecular complexity index is 1240. The zero-order valence-corrected chi connectivity index (χ0v) is 20.1. The third-order valence-corrected chi connectivity index (χ3v) is 6.39. The summed E-state index contributed by atoms with van der Waals surface area (Å²) in [6.45, 7) is 0.0843. The number of carbonyl (C=O) groups is 1. The Morgan fingerprint density at radius 2 is 1.58 bits per heavy atom. The molecule has 9 heteroatoms. The molecule has 0 spiro atoms. The SMILES string of the molecule is CN(C)c1ccc(/C=N\NC(=O)c2ccc(N(Cc3ccccc3Cl)S(C)(=O)=O)cc2)cc1. The normalized spacial score (nSPS) is 11.4. The summed E-state index contributed by atoms with van der Waals surface area (Å²) in [7, 11) is 0.346. The summed E-state index contributed by atoms with van der Waals surface area (Å²) in [6, 6.07) is 21.0. The second-order valence-electron chi connectivity index (χ2n) is 7.59. The van der Waals surface area contributed by atoms with Gasteiger partial charge in [-0.15, -0.1) is 0 Å². The van der Waals surface area contributed by atoms with Crippen LogP contribution in [0.4, 0.5) is 11.4 Å². The molecule has 0 bridgehead atoms. The van der Waals surface area contributed by atoms with Gasteiger partial charge in [0.05, 0.1) is 24.7 Å². The van der Waals surface area contributed by atoms with Gasteiger partial charge in [0.2, 0.25) is 10.0 Å². The summed E-state index contributed by atoms with van der Waals surface area (Å²) in [5, 5.41) is 4.48. The van der Waals surface area contributed by atoms with Crippen LogP contribution in [0.3, 0.4) is 0 Å². The largest absolute Gasteiger partial charge is 0.378 e. The number of hydrogen-bond donors (Lipinski definition) is 1. The Labute approximate surface area is 199 Å². The van der Waals surface area contributed by atoms with Gasteiger partial charge < -0.3 is 4.90 Å². The molecule has 0 saturated heterocycles. The summed E-state index contributed by atoms with van der Waals surface area (Å²) >= 11 is 6.20. The van der Waals surface area contributed by atoms with Gasteiger partial charge >= 0.3 is 0 Å². The van der Waals surface area contributed by atoms with E-state index in [1.54, 1.807) is 54.7 Å². The molecule has 3 aromatic rings. The van der Waals surface area contributed by atoms with Crippen molar-refractivity contribution < 1.29 is 13.2 Å². The highest BCUT2D eigenvalue weighted by molar-refractivity contribution is 7.92. The van der Waals surface area contributed by atoms with Crippen molar-refractivity contribution >= 4 is 45.1 Å². The molecule has 7 nitrogen and oxygen atoms in total. The third-order valence-electron chi connectivity index (χ3n) is 4.88. The van der Waals surface area contributed by atoms with Crippen LogP contribution in [0.1, 0.15) is 21.5 Å². The molecule has 0 aliphatic rings. The lowest BCUT2D eigenvalue weighted by Crippen LogP contribution is -2.29. The van der Waals surface area contributed by atoms with Gasteiger partial charge in [0.15, 0.2) is 0 Å². The number of sulfonamides is 1. The third kappa shape index (κ3) is 6.57. The molecule has 172 valence electrons. The molecule has 0 atom stereocenters. The molecule has 1 amide bonds. The molecule has 0 unspecified atom stereocenters. The van der Waals surface area contributed by atoms with Crippen molar-refractivity contribution in [2.24, 2.45) is 5.10 Å². The maximum atomic E-state index is 12.4. The van der Waals surface area contributed by atoms with Crippen molar-refractivity contribution in [3.63, 3.8) is 0 Å². The topological polar surface area (TPSA) is 82.1 Å². The summed E-state index contributed by atoms with van der Waals surface area (Å²) in [4.78, 5) is 14.4. The van der Waals surface area contributed by atoms with Crippen LogP contribution in [0, 0.1) is 0 Å². The minimum atomic E-state index is -3.57. The van der Waals surface area contributed by atoms with Gasteiger partial charge in [0.1, 0.15) is 0 Å². The summed E-state index contributed by atoms with van der Waals surface area (Å²) in [6.07, 6.45) is 2.69. The molecule has 0 aliphatic carbocycles. The predicted octanol–water partition coefficient (Wildman–Crippen LogP) is 4.14. The number of benzene rings is 3. The van der Waals surface area contributed by atoms with Crippen LogP contribution in [0.5, 0.6) is 0 Å². The second-order valence-corrected chi connectivity index (χ2v) is 9.91. The first-order chi connectivity index (χ1) is 15.6. The highest BCUT2D eigenvalue weighted by atomic mass is 35.5. The van der Waals surface area contributed by atoms with E-state index in [9.17, 15) is 13.2 Å². The first-order valence-electron chi connectivity index (χ1n) is 10.1. The number of hydrogen-bond acceptors (Lipinski definition) is 5. The maximum absolute atomic E-state index is 12.4. The Morgan fingerprint density at radius 3 is 2.15 bits per heavy atom. The number of carbonyl (C=O) groups excluding carboxylic acids is 1. The van der Waals surface area contributed by atoms with Crippen molar-refractivity contribution in [3.8, 4) is 0 Å². The average Bonchev–Trinajstić information content (AvgIpc) is 2.78. The minimum Gasteiger partial charge on any atom is -0.378 e. The van der Waals surface area contributed by atoms with Crippen molar-refractivity contribution in [1.82, 2.24) is 5.43 Å². The fourth-order valence-electron chi connectivity index (χ4n) is 3.05. The van der Waals surface area contributed by atoms with Gasteiger partial charge in [-0.2, -0.15) is 5.10 Å². The van der Waals surface area contributed by atoms with E-state index in [1.807, 2.05) is 43.3 Å². The van der Waals surface area contributed by atoms with Crippen molar-refractivity contribution in [3.05, 3.63) is 94.5 Å². The van der Waals surface area contributed by atoms with Gasteiger partial charge in [-0.25, -0.2) is 13.8 Å². The van der Waals surface area contributed by atoms with Crippen molar-refractivity contribution in [2.75, 3.05) is 29.6 Å². The van der Waals surface area contributed by atoms with Crippen LogP contribution in [0.25, 0.3) is 0 Å². The van der Waals surface area contributed by atoms with Crippen LogP contribution in [-0.2, 0) is 16.6 Å². The zero-order chi connectivity index (χ0) is 24.0. The molecule has 0 aromatic heterocycles. The van der Waals surface area contributed by atoms with E-state index in [1.165, 1.54) is 4.31 Å². The number of hydrazone groups is 1. The van der Waals surface area contributed by atoms with Gasteiger partial charge in [-0.1, -0.05) is 41.9 Å². The van der Waals surface area contributed by atoms with E-state index in [0.717, 1.165) is 17.5 Å². The lowest BCUT2D eigenvalue weighted by Gasteiger charge is -2.23. The summed E-state index contributed by atoms with van der Waals surface area (Å²) in [5.74, 6) is -0.403. The smallest absolute Gasteiger partial charge is 0.271 e. The first-order valence-corrected chi connectivity index (χ1v) is 12.3. The predicted molar refractivity (Wildman–Crippen MR) is 135 cm³/mol. The molecule has 0 heterocycles. The molecule has 0 saturated carbocycles. The molecule has 0 fully saturated rings. The molecule has 33 heavy (non-hydrogen) atoms. The highest BCUT2D eigenvalue weighted by Crippen LogP contribution is 2.24. The minimum absolute atomic E-state index is 0.0843. The lowest BCUT2D eigenvalue weighted by molar-refractivity contribution is 0.0955. The zero-order valence-electron chi connectivity index (χ0n) is 18.6. The summed E-state index contributed by atoms with van der Waals surface area (Å²) < 4.78 is 26.0. The monoisotopic (exact) mass is 484 g/mol. The van der Waals surface area contributed by atoms with Crippen LogP contribution >= 0.6 is 11.6 Å². The maximum Gasteiger partial charge on any atom is 0.271 e. The van der Waals surface area contributed by atoms with E-state index in [-0.39, 0.29) is 6.54 Å². The molecule has 0 aliphatic heterocycles. The fraction of sp³-hybridized carbons (Fsp3) is 0.167. The molecular weight excluding hydrogens is 460 g/mol. The Morgan fingerprint density at radius 1 is 0.970 bits per heavy atom. The number of rotatable bonds is 8. The molecule has 1 N–H and O–H groups in total. The van der Waals surface area contributed by atoms with Gasteiger partial charge in [0, 0.05) is 30.4 Å². The molecular formula is C24H25ClN4O3S. The summed E-state index contributed by atoms with van der Waals surface area (Å²) in [5.41, 5.74) is 5.85. The van der Waals surface area contributed by atoms with Crippen LogP contribution in [-0.4, -0.2) is 40.9 Å².